The Morgan fingerprint density at radius 3 is 2.19 bits per heavy atom. The van der Waals surface area contributed by atoms with Crippen LogP contribution in [-0.4, -0.2) is 21.4 Å². The Labute approximate surface area is 186 Å². The Kier molecular flexibility index (Phi) is 6.20. The van der Waals surface area contributed by atoms with Crippen molar-refractivity contribution in [1.29, 1.82) is 0 Å². The SMILES string of the molecule is CO[C@H](C(=O)Nc1ccc(S(=O)(=O)Nc2cccc3ccccc23)cc1)c1ccccc1. The number of amides is 1. The van der Waals surface area contributed by atoms with Gasteiger partial charge in [-0.3, -0.25) is 9.52 Å². The molecular weight excluding hydrogens is 424 g/mol. The average Bonchev–Trinajstić information content (AvgIpc) is 2.81. The minimum absolute atomic E-state index is 0.0924. The van der Waals surface area contributed by atoms with Crippen LogP contribution in [0.5, 0.6) is 0 Å². The van der Waals surface area contributed by atoms with Crippen LogP contribution >= 0.6 is 0 Å². The molecule has 1 atom stereocenters. The molecule has 0 aromatic heterocycles. The van der Waals surface area contributed by atoms with Gasteiger partial charge in [0.15, 0.2) is 6.10 Å². The molecular formula is C25H22N2O4S. The predicted octanol–water partition coefficient (Wildman–Crippen LogP) is 4.97. The fraction of sp³-hybridized carbons (Fsp3) is 0.0800. The zero-order valence-electron chi connectivity index (χ0n) is 17.4. The van der Waals surface area contributed by atoms with Gasteiger partial charge >= 0.3 is 0 Å². The van der Waals surface area contributed by atoms with E-state index in [9.17, 15) is 13.2 Å². The lowest BCUT2D eigenvalue weighted by Crippen LogP contribution is -2.22. The second kappa shape index (κ2) is 9.21. The lowest BCUT2D eigenvalue weighted by Gasteiger charge is -2.16. The number of ether oxygens (including phenoxy) is 1. The number of rotatable bonds is 7. The lowest BCUT2D eigenvalue weighted by molar-refractivity contribution is -0.126. The largest absolute Gasteiger partial charge is 0.367 e. The van der Waals surface area contributed by atoms with Crippen LogP contribution in [0.4, 0.5) is 11.4 Å². The van der Waals surface area contributed by atoms with Crippen molar-refractivity contribution in [2.75, 3.05) is 17.1 Å². The second-order valence-corrected chi connectivity index (χ2v) is 8.85. The van der Waals surface area contributed by atoms with Crippen molar-refractivity contribution in [2.45, 2.75) is 11.0 Å². The molecule has 0 saturated carbocycles. The van der Waals surface area contributed by atoms with Crippen LogP contribution in [0, 0.1) is 0 Å². The van der Waals surface area contributed by atoms with Crippen LogP contribution in [0.1, 0.15) is 11.7 Å². The summed E-state index contributed by atoms with van der Waals surface area (Å²) in [7, 11) is -2.34. The summed E-state index contributed by atoms with van der Waals surface area (Å²) in [6.45, 7) is 0. The fourth-order valence-corrected chi connectivity index (χ4v) is 4.55. The quantitative estimate of drug-likeness (QED) is 0.420. The Morgan fingerprint density at radius 1 is 0.812 bits per heavy atom. The van der Waals surface area contributed by atoms with Crippen molar-refractivity contribution in [3.63, 3.8) is 0 Å². The van der Waals surface area contributed by atoms with Gasteiger partial charge in [-0.25, -0.2) is 8.42 Å². The Hall–Kier alpha value is -3.68. The summed E-state index contributed by atoms with van der Waals surface area (Å²) >= 11 is 0. The summed E-state index contributed by atoms with van der Waals surface area (Å²) in [5.41, 5.74) is 1.70. The van der Waals surface area contributed by atoms with E-state index >= 15 is 0 Å². The van der Waals surface area contributed by atoms with Gasteiger partial charge in [-0.1, -0.05) is 66.7 Å². The normalized spacial score (nSPS) is 12.3. The molecule has 4 aromatic carbocycles. The molecule has 4 aromatic rings. The molecule has 0 heterocycles. The molecule has 0 aliphatic rings. The van der Waals surface area contributed by atoms with Gasteiger partial charge in [0.05, 0.1) is 10.6 Å². The molecule has 2 N–H and O–H groups in total. The number of fused-ring (bicyclic) bond motifs is 1. The third-order valence-electron chi connectivity index (χ3n) is 5.04. The van der Waals surface area contributed by atoms with Crippen LogP contribution in [0.15, 0.2) is 102 Å². The highest BCUT2D eigenvalue weighted by atomic mass is 32.2. The Morgan fingerprint density at radius 2 is 1.47 bits per heavy atom. The summed E-state index contributed by atoms with van der Waals surface area (Å²) in [6.07, 6.45) is -0.771. The first-order chi connectivity index (χ1) is 15.5. The van der Waals surface area contributed by atoms with Gasteiger partial charge in [0.25, 0.3) is 15.9 Å². The highest BCUT2D eigenvalue weighted by molar-refractivity contribution is 7.92. The first-order valence-corrected chi connectivity index (χ1v) is 11.5. The van der Waals surface area contributed by atoms with Gasteiger partial charge < -0.3 is 10.1 Å². The summed E-state index contributed by atoms with van der Waals surface area (Å²) in [4.78, 5) is 12.7. The third-order valence-corrected chi connectivity index (χ3v) is 6.42. The van der Waals surface area contributed by atoms with Gasteiger partial charge in [0.1, 0.15) is 0 Å². The van der Waals surface area contributed by atoms with Crippen LogP contribution in [0.25, 0.3) is 10.8 Å². The standard InChI is InChI=1S/C25H22N2O4S/c1-31-24(19-9-3-2-4-10-19)25(28)26-20-14-16-21(17-15-20)32(29,30)27-23-13-7-11-18-8-5-6-12-22(18)23/h2-17,24,27H,1H3,(H,26,28)/t24-/m0/s1. The summed E-state index contributed by atoms with van der Waals surface area (Å²) in [5, 5.41) is 4.52. The molecule has 7 heteroatoms. The van der Waals surface area contributed by atoms with Crippen molar-refractivity contribution in [3.8, 4) is 0 Å². The van der Waals surface area contributed by atoms with E-state index in [1.165, 1.54) is 19.2 Å². The molecule has 4 rings (SSSR count). The molecule has 162 valence electrons. The maximum absolute atomic E-state index is 12.9. The maximum Gasteiger partial charge on any atom is 0.261 e. The molecule has 0 aliphatic heterocycles. The zero-order chi connectivity index (χ0) is 22.6. The van der Waals surface area contributed by atoms with Crippen LogP contribution in [-0.2, 0) is 19.6 Å². The number of carbonyl (C=O) groups is 1. The van der Waals surface area contributed by atoms with Crippen LogP contribution in [0.2, 0.25) is 0 Å². The average molecular weight is 447 g/mol. The molecule has 0 unspecified atom stereocenters. The summed E-state index contributed by atoms with van der Waals surface area (Å²) in [5.74, 6) is -0.344. The topological polar surface area (TPSA) is 84.5 Å². The predicted molar refractivity (Wildman–Crippen MR) is 126 cm³/mol. The highest BCUT2D eigenvalue weighted by Crippen LogP contribution is 2.26. The number of hydrogen-bond donors (Lipinski definition) is 2. The molecule has 0 fully saturated rings. The first-order valence-electron chi connectivity index (χ1n) is 9.97. The minimum Gasteiger partial charge on any atom is -0.367 e. The smallest absolute Gasteiger partial charge is 0.261 e. The van der Waals surface area contributed by atoms with Crippen LogP contribution < -0.4 is 10.0 Å². The summed E-state index contributed by atoms with van der Waals surface area (Å²) < 4.78 is 33.8. The number of carbonyl (C=O) groups excluding carboxylic acids is 1. The Balaban J connectivity index is 1.51. The van der Waals surface area contributed by atoms with E-state index < -0.39 is 16.1 Å². The summed E-state index contributed by atoms with van der Waals surface area (Å²) in [6, 6.07) is 28.1. The van der Waals surface area contributed by atoms with Crippen molar-refractivity contribution >= 4 is 38.1 Å². The van der Waals surface area contributed by atoms with E-state index in [2.05, 4.69) is 10.0 Å². The first kappa shape index (κ1) is 21.5. The van der Waals surface area contributed by atoms with E-state index in [1.54, 1.807) is 24.3 Å². The lowest BCUT2D eigenvalue weighted by atomic mass is 10.1. The van der Waals surface area contributed by atoms with E-state index in [0.717, 1.165) is 16.3 Å². The van der Waals surface area contributed by atoms with Crippen molar-refractivity contribution in [2.24, 2.45) is 0 Å². The molecule has 32 heavy (non-hydrogen) atoms. The van der Waals surface area contributed by atoms with Gasteiger partial charge in [0, 0.05) is 18.2 Å². The minimum atomic E-state index is -3.80. The molecule has 0 bridgehead atoms. The molecule has 0 aliphatic carbocycles. The number of anilines is 2. The maximum atomic E-state index is 12.9. The number of sulfonamides is 1. The number of nitrogens with one attached hydrogen (secondary N) is 2. The fourth-order valence-electron chi connectivity index (χ4n) is 3.47. The highest BCUT2D eigenvalue weighted by Gasteiger charge is 2.20. The van der Waals surface area contributed by atoms with Gasteiger partial charge in [-0.2, -0.15) is 0 Å². The monoisotopic (exact) mass is 446 g/mol. The van der Waals surface area contributed by atoms with Crippen LogP contribution in [0.3, 0.4) is 0 Å². The Bertz CT molecular complexity index is 1330. The molecule has 1 amide bonds. The van der Waals surface area contributed by atoms with Gasteiger partial charge in [-0.15, -0.1) is 0 Å². The number of benzene rings is 4. The van der Waals surface area contributed by atoms with E-state index in [0.29, 0.717) is 11.4 Å². The van der Waals surface area contributed by atoms with Gasteiger partial charge in [0.2, 0.25) is 0 Å². The molecule has 0 spiro atoms. The molecule has 6 nitrogen and oxygen atoms in total. The number of methoxy groups -OCH3 is 1. The van der Waals surface area contributed by atoms with Gasteiger partial charge in [-0.05, 0) is 41.3 Å². The van der Waals surface area contributed by atoms with E-state index in [4.69, 9.17) is 4.74 Å². The zero-order valence-corrected chi connectivity index (χ0v) is 18.2. The van der Waals surface area contributed by atoms with Crippen molar-refractivity contribution in [1.82, 2.24) is 0 Å². The molecule has 0 saturated heterocycles. The van der Waals surface area contributed by atoms with E-state index in [-0.39, 0.29) is 10.8 Å². The number of hydrogen-bond acceptors (Lipinski definition) is 4. The molecule has 0 radical (unpaired) electrons. The second-order valence-electron chi connectivity index (χ2n) is 7.17. The van der Waals surface area contributed by atoms with Crippen molar-refractivity contribution < 1.29 is 17.9 Å². The van der Waals surface area contributed by atoms with Crippen molar-refractivity contribution in [3.05, 3.63) is 103 Å². The third kappa shape index (κ3) is 4.64. The van der Waals surface area contributed by atoms with E-state index in [1.807, 2.05) is 60.7 Å².